The highest BCUT2D eigenvalue weighted by molar-refractivity contribution is 5.94. The van der Waals surface area contributed by atoms with Gasteiger partial charge in [0.2, 0.25) is 0 Å². The second kappa shape index (κ2) is 10.5. The van der Waals surface area contributed by atoms with Crippen molar-refractivity contribution in [3.63, 3.8) is 0 Å². The number of rotatable bonds is 4. The molecule has 2 aromatic carbocycles. The number of amides is 4. The van der Waals surface area contributed by atoms with E-state index in [2.05, 4.69) is 22.8 Å². The predicted octanol–water partition coefficient (Wildman–Crippen LogP) is 5.12. The van der Waals surface area contributed by atoms with E-state index in [1.165, 1.54) is 11.1 Å². The fourth-order valence-corrected chi connectivity index (χ4v) is 5.92. The summed E-state index contributed by atoms with van der Waals surface area (Å²) in [4.78, 5) is 29.7. The molecule has 0 radical (unpaired) electrons. The minimum absolute atomic E-state index is 0.0198. The average molecular weight is 461 g/mol. The van der Waals surface area contributed by atoms with Crippen molar-refractivity contribution >= 4 is 23.4 Å². The van der Waals surface area contributed by atoms with Crippen LogP contribution in [0, 0.1) is 11.8 Å². The highest BCUT2D eigenvalue weighted by Crippen LogP contribution is 2.30. The van der Waals surface area contributed by atoms with Crippen molar-refractivity contribution in [1.29, 1.82) is 0 Å². The van der Waals surface area contributed by atoms with Gasteiger partial charge in [0, 0.05) is 37.6 Å². The van der Waals surface area contributed by atoms with Crippen LogP contribution >= 0.6 is 0 Å². The van der Waals surface area contributed by atoms with Gasteiger partial charge in [0.25, 0.3) is 0 Å². The normalized spacial score (nSPS) is 21.9. The van der Waals surface area contributed by atoms with E-state index >= 15 is 0 Å². The molecular formula is C28H36N4O2. The molecule has 1 fully saturated rings. The first kappa shape index (κ1) is 22.8. The number of aryl methyl sites for hydroxylation is 2. The second-order valence-electron chi connectivity index (χ2n) is 10.0. The van der Waals surface area contributed by atoms with Crippen LogP contribution in [-0.2, 0) is 12.8 Å². The van der Waals surface area contributed by atoms with Crippen molar-refractivity contribution in [2.45, 2.75) is 51.4 Å². The van der Waals surface area contributed by atoms with E-state index in [9.17, 15) is 9.59 Å². The Morgan fingerprint density at radius 1 is 0.706 bits per heavy atom. The lowest BCUT2D eigenvalue weighted by atomic mass is 9.81. The molecule has 4 amide bonds. The van der Waals surface area contributed by atoms with E-state index in [0.29, 0.717) is 24.9 Å². The van der Waals surface area contributed by atoms with Gasteiger partial charge in [0.05, 0.1) is 0 Å². The Bertz CT molecular complexity index is 943. The third kappa shape index (κ3) is 5.06. The molecule has 1 aliphatic carbocycles. The monoisotopic (exact) mass is 460 g/mol. The minimum atomic E-state index is 0.0198. The Hall–Kier alpha value is -3.02. The van der Waals surface area contributed by atoms with Crippen LogP contribution in [0.2, 0.25) is 0 Å². The van der Waals surface area contributed by atoms with E-state index in [1.807, 2.05) is 46.2 Å². The number of carbonyl (C=O) groups is 2. The minimum Gasteiger partial charge on any atom is -0.337 e. The zero-order valence-corrected chi connectivity index (χ0v) is 20.0. The van der Waals surface area contributed by atoms with Crippen molar-refractivity contribution in [2.24, 2.45) is 11.8 Å². The molecule has 2 aliphatic heterocycles. The lowest BCUT2D eigenvalue weighted by molar-refractivity contribution is 0.225. The summed E-state index contributed by atoms with van der Waals surface area (Å²) in [6, 6.07) is 16.5. The zero-order chi connectivity index (χ0) is 23.3. The topological polar surface area (TPSA) is 64.7 Å². The molecule has 6 heteroatoms. The Balaban J connectivity index is 1.10. The van der Waals surface area contributed by atoms with E-state index < -0.39 is 0 Å². The summed E-state index contributed by atoms with van der Waals surface area (Å²) in [5.74, 6) is 0.936. The van der Waals surface area contributed by atoms with Gasteiger partial charge in [0.15, 0.2) is 0 Å². The second-order valence-corrected chi connectivity index (χ2v) is 10.0. The molecule has 34 heavy (non-hydrogen) atoms. The van der Waals surface area contributed by atoms with Gasteiger partial charge < -0.3 is 10.6 Å². The molecule has 2 N–H and O–H groups in total. The highest BCUT2D eigenvalue weighted by Gasteiger charge is 2.27. The van der Waals surface area contributed by atoms with Crippen LogP contribution in [-0.4, -0.2) is 38.2 Å². The van der Waals surface area contributed by atoms with Gasteiger partial charge in [0.1, 0.15) is 0 Å². The summed E-state index contributed by atoms with van der Waals surface area (Å²) < 4.78 is 0. The summed E-state index contributed by atoms with van der Waals surface area (Å²) in [6.45, 7) is 2.98. The number of para-hydroxylation sites is 2. The Labute approximate surface area is 202 Å². The molecule has 180 valence electrons. The number of fused-ring (bicyclic) bond motifs is 2. The molecule has 0 saturated heterocycles. The number of anilines is 2. The van der Waals surface area contributed by atoms with Crippen LogP contribution in [0.3, 0.4) is 0 Å². The molecular weight excluding hydrogens is 424 g/mol. The van der Waals surface area contributed by atoms with Crippen LogP contribution in [0.15, 0.2) is 48.5 Å². The summed E-state index contributed by atoms with van der Waals surface area (Å²) >= 11 is 0. The molecule has 0 unspecified atom stereocenters. The number of carbonyl (C=O) groups excluding carboxylic acids is 2. The van der Waals surface area contributed by atoms with Gasteiger partial charge in [-0.15, -0.1) is 0 Å². The first-order valence-corrected chi connectivity index (χ1v) is 13.0. The van der Waals surface area contributed by atoms with Crippen LogP contribution < -0.4 is 20.4 Å². The molecule has 2 heterocycles. The van der Waals surface area contributed by atoms with Crippen molar-refractivity contribution < 1.29 is 9.59 Å². The van der Waals surface area contributed by atoms with E-state index in [4.69, 9.17) is 0 Å². The number of nitrogens with zero attached hydrogens (tertiary/aromatic N) is 2. The highest BCUT2D eigenvalue weighted by atomic mass is 16.2. The zero-order valence-electron chi connectivity index (χ0n) is 20.0. The van der Waals surface area contributed by atoms with Crippen LogP contribution in [0.4, 0.5) is 21.0 Å². The molecule has 0 aromatic heterocycles. The van der Waals surface area contributed by atoms with Gasteiger partial charge in [-0.2, -0.15) is 0 Å². The maximum atomic E-state index is 12.9. The maximum absolute atomic E-state index is 12.9. The van der Waals surface area contributed by atoms with Gasteiger partial charge in [-0.3, -0.25) is 9.80 Å². The van der Waals surface area contributed by atoms with E-state index in [1.54, 1.807) is 0 Å². The lowest BCUT2D eigenvalue weighted by Crippen LogP contribution is -2.46. The lowest BCUT2D eigenvalue weighted by Gasteiger charge is -2.33. The molecule has 2 aromatic rings. The summed E-state index contributed by atoms with van der Waals surface area (Å²) in [5.41, 5.74) is 4.62. The first-order chi connectivity index (χ1) is 16.7. The van der Waals surface area contributed by atoms with Crippen molar-refractivity contribution in [1.82, 2.24) is 10.6 Å². The molecule has 6 nitrogen and oxygen atoms in total. The number of nitrogens with one attached hydrogen (secondary N) is 2. The third-order valence-electron chi connectivity index (χ3n) is 7.69. The van der Waals surface area contributed by atoms with Gasteiger partial charge in [-0.25, -0.2) is 9.59 Å². The van der Waals surface area contributed by atoms with Crippen molar-refractivity contribution in [3.05, 3.63) is 59.7 Å². The summed E-state index contributed by atoms with van der Waals surface area (Å²) in [7, 11) is 0. The number of benzene rings is 2. The molecule has 2 atom stereocenters. The molecule has 0 bridgehead atoms. The maximum Gasteiger partial charge on any atom is 0.321 e. The number of hydrogen-bond acceptors (Lipinski definition) is 2. The fourth-order valence-electron chi connectivity index (χ4n) is 5.92. The quantitative estimate of drug-likeness (QED) is 0.665. The summed E-state index contributed by atoms with van der Waals surface area (Å²) in [5, 5.41) is 6.41. The smallest absolute Gasteiger partial charge is 0.321 e. The average Bonchev–Trinajstić information content (AvgIpc) is 2.90. The first-order valence-electron chi connectivity index (χ1n) is 13.0. The van der Waals surface area contributed by atoms with Gasteiger partial charge in [-0.05, 0) is 80.0 Å². The van der Waals surface area contributed by atoms with Gasteiger partial charge in [-0.1, -0.05) is 42.8 Å². The number of urea groups is 2. The Morgan fingerprint density at radius 2 is 1.18 bits per heavy atom. The van der Waals surface area contributed by atoms with E-state index in [0.717, 1.165) is 75.8 Å². The van der Waals surface area contributed by atoms with Crippen molar-refractivity contribution in [3.8, 4) is 0 Å². The Kier molecular flexibility index (Phi) is 7.02. The van der Waals surface area contributed by atoms with Crippen molar-refractivity contribution in [2.75, 3.05) is 36.0 Å². The standard InChI is InChI=1S/C28H36N4O2/c33-27(31-16-6-12-23-10-1-3-14-25(23)31)29-19-21-8-5-9-22(18-21)20-30-28(34)32-17-7-13-24-11-2-4-15-26(24)32/h1-4,10-11,14-15,21-22H,5-9,12-13,16-20H2,(H,29,33)(H,30,34)/t21-,22-/m0/s1. The number of hydrogen-bond donors (Lipinski definition) is 2. The Morgan fingerprint density at radius 3 is 1.68 bits per heavy atom. The van der Waals surface area contributed by atoms with Crippen LogP contribution in [0.1, 0.15) is 49.7 Å². The van der Waals surface area contributed by atoms with Gasteiger partial charge >= 0.3 is 12.1 Å². The molecule has 5 rings (SSSR count). The van der Waals surface area contributed by atoms with E-state index in [-0.39, 0.29) is 12.1 Å². The van der Waals surface area contributed by atoms with Crippen LogP contribution in [0.5, 0.6) is 0 Å². The summed E-state index contributed by atoms with van der Waals surface area (Å²) in [6.07, 6.45) is 8.59. The third-order valence-corrected chi connectivity index (χ3v) is 7.69. The fraction of sp³-hybridized carbons (Fsp3) is 0.500. The SMILES string of the molecule is O=C(NC[C@H]1CCC[C@H](CNC(=O)N2CCCc3ccccc32)C1)N1CCCc2ccccc21. The molecule has 3 aliphatic rings. The van der Waals surface area contributed by atoms with Crippen LogP contribution in [0.25, 0.3) is 0 Å². The molecule has 0 spiro atoms. The largest absolute Gasteiger partial charge is 0.337 e. The molecule has 1 saturated carbocycles. The predicted molar refractivity (Wildman–Crippen MR) is 136 cm³/mol.